The molecule has 7 rings (SSSR count). The van der Waals surface area contributed by atoms with Gasteiger partial charge in [0.15, 0.2) is 0 Å². The van der Waals surface area contributed by atoms with Gasteiger partial charge in [0.05, 0.1) is 0 Å². The fourth-order valence-corrected chi connectivity index (χ4v) is 13.7. The van der Waals surface area contributed by atoms with Gasteiger partial charge >= 0.3 is 305 Å². The predicted octanol–water partition coefficient (Wildman–Crippen LogP) is -0.251. The molecule has 49 heavy (non-hydrogen) atoms. The first kappa shape index (κ1) is 36.9. The van der Waals surface area contributed by atoms with Crippen LogP contribution >= 0.6 is 23.1 Å². The van der Waals surface area contributed by atoms with Gasteiger partial charge in [0, 0.05) is 0 Å². The van der Waals surface area contributed by atoms with E-state index >= 15 is 0 Å². The van der Waals surface area contributed by atoms with Crippen LogP contribution < -0.4 is 53.4 Å². The number of aryl methyl sites for hydroxylation is 1. The maximum absolute atomic E-state index is 13.7. The molecule has 3 aromatic carbocycles. The van der Waals surface area contributed by atoms with Crippen LogP contribution in [-0.2, 0) is 33.3 Å². The fraction of sp³-hybridized carbons (Fsp3) is 0.273. The fourth-order valence-electron chi connectivity index (χ4n) is 6.90. The van der Waals surface area contributed by atoms with Crippen LogP contribution in [0.1, 0.15) is 30.8 Å². The zero-order chi connectivity index (χ0) is 33.8. The number of nitrogens with zero attached hydrogens (tertiary/aromatic N) is 3. The van der Waals surface area contributed by atoms with Gasteiger partial charge in [-0.3, -0.25) is 0 Å². The zero-order valence-electron chi connectivity index (χ0n) is 26.8. The number of rotatable bonds is 8. The van der Waals surface area contributed by atoms with Crippen molar-refractivity contribution in [2.45, 2.75) is 49.5 Å². The summed E-state index contributed by atoms with van der Waals surface area (Å²) in [6.45, 7) is 3.15. The molecule has 0 amide bonds. The average molecular weight is 812 g/mol. The van der Waals surface area contributed by atoms with E-state index in [9.17, 15) is 30.7 Å². The number of benzene rings is 3. The summed E-state index contributed by atoms with van der Waals surface area (Å²) in [5.41, 5.74) is 1.60. The quantitative estimate of drug-likeness (QED) is 0.0906. The minimum Gasteiger partial charge on any atom is 1.00 e. The van der Waals surface area contributed by atoms with Crippen molar-refractivity contribution in [3.63, 3.8) is 0 Å². The van der Waals surface area contributed by atoms with Crippen molar-refractivity contribution >= 4 is 96.2 Å². The smallest absolute Gasteiger partial charge is 1.00 e. The van der Waals surface area contributed by atoms with Crippen LogP contribution in [0.3, 0.4) is 0 Å². The minimum absolute atomic E-state index is 0. The number of aromatic nitrogens is 2. The van der Waals surface area contributed by atoms with Crippen molar-refractivity contribution in [3.05, 3.63) is 95.9 Å². The Morgan fingerprint density at radius 2 is 1.80 bits per heavy atom. The van der Waals surface area contributed by atoms with Gasteiger partial charge in [0.2, 0.25) is 0 Å². The Kier molecular flexibility index (Phi) is 10.8. The van der Waals surface area contributed by atoms with Crippen molar-refractivity contribution in [2.24, 2.45) is 0 Å². The normalized spacial score (nSPS) is 21.0. The number of fused-ring (bicyclic) bond motifs is 5. The summed E-state index contributed by atoms with van der Waals surface area (Å²) in [5.74, 6) is -0.454. The predicted molar refractivity (Wildman–Crippen MR) is 189 cm³/mol. The standard InChI is InChI=1S/C33H31N3O7S4Se.Na/c1-2-34-28(21-29-35(18-8-20-46(38,39)40)24-11-5-6-12-27(24)48-29)44-26(33(34)37)16-17-30-36(19-7-13-31(36)47(41,42)43)25-15-14-22-9-3-4-10-23(22)32(25)45-30;/h3-6,9-12,14-17,21,31H,2,7-8,13,18-20H2,1H3;/q;+1. The van der Waals surface area contributed by atoms with Crippen molar-refractivity contribution in [1.29, 1.82) is 0 Å². The van der Waals surface area contributed by atoms with E-state index in [-0.39, 0.29) is 66.9 Å². The second-order valence-corrected chi connectivity index (χ2v) is 19.1. The molecular weight excluding hydrogens is 781 g/mol. The zero-order valence-corrected chi connectivity index (χ0v) is 33.8. The second-order valence-electron chi connectivity index (χ2n) is 11.8. The number of hydrogen-bond donors (Lipinski definition) is 0. The van der Waals surface area contributed by atoms with Crippen LogP contribution in [0.15, 0.2) is 81.5 Å². The van der Waals surface area contributed by atoms with Gasteiger partial charge in [-0.15, -0.1) is 0 Å². The first-order valence-electron chi connectivity index (χ1n) is 15.4. The van der Waals surface area contributed by atoms with Gasteiger partial charge in [-0.25, -0.2) is 0 Å². The molecule has 2 atom stereocenters. The largest absolute Gasteiger partial charge is 1.00 e. The monoisotopic (exact) mass is 812 g/mol. The first-order valence-corrected chi connectivity index (χ1v) is 21.8. The summed E-state index contributed by atoms with van der Waals surface area (Å²) < 4.78 is 78.9. The van der Waals surface area contributed by atoms with Crippen LogP contribution in [0.25, 0.3) is 32.7 Å². The van der Waals surface area contributed by atoms with E-state index in [4.69, 9.17) is 0 Å². The average Bonchev–Trinajstić information content (AvgIpc) is 3.79. The van der Waals surface area contributed by atoms with E-state index in [1.165, 1.54) is 23.1 Å². The molecule has 2 aromatic heterocycles. The SMILES string of the molecule is CCn1c(=Cc2[se]c3ccccc3[n+]2CCCS(=O)(=O)[O-])sc(=CC=C2Sc3c(ccc4ccccc34)[N+]23CCCC3S(=O)(=O)[O-])c1=O.[Na+]. The van der Waals surface area contributed by atoms with Crippen LogP contribution in [0.4, 0.5) is 5.69 Å². The maximum Gasteiger partial charge on any atom is 1.00 e. The Hall–Kier alpha value is -1.85. The molecule has 2 aliphatic heterocycles. The second kappa shape index (κ2) is 14.3. The summed E-state index contributed by atoms with van der Waals surface area (Å²) in [6.07, 6.45) is 6.56. The van der Waals surface area contributed by atoms with Crippen LogP contribution in [-0.4, -0.2) is 62.7 Å². The minimum atomic E-state index is -4.65. The molecule has 5 aromatic rings. The number of allylic oxidation sites excluding steroid dienone is 1. The van der Waals surface area contributed by atoms with E-state index in [0.717, 1.165) is 40.4 Å². The molecule has 0 saturated carbocycles. The first-order chi connectivity index (χ1) is 22.9. The number of quaternary nitrogens is 1. The molecule has 4 heterocycles. The van der Waals surface area contributed by atoms with E-state index in [1.807, 2.05) is 84.3 Å². The molecule has 1 saturated heterocycles. The van der Waals surface area contributed by atoms with Crippen LogP contribution in [0.2, 0.25) is 0 Å². The molecule has 0 bridgehead atoms. The summed E-state index contributed by atoms with van der Waals surface area (Å²) >= 11 is 2.69. The van der Waals surface area contributed by atoms with Crippen molar-refractivity contribution in [2.75, 3.05) is 12.3 Å². The molecular formula is C33H31N3NaO7S4Se+. The van der Waals surface area contributed by atoms with Gasteiger partial charge in [-0.05, 0) is 0 Å². The van der Waals surface area contributed by atoms with E-state index in [1.54, 1.807) is 10.6 Å². The Labute approximate surface area is 320 Å². The molecule has 0 aliphatic carbocycles. The van der Waals surface area contributed by atoms with Gasteiger partial charge in [0.1, 0.15) is 0 Å². The van der Waals surface area contributed by atoms with Crippen LogP contribution in [0.5, 0.6) is 0 Å². The number of para-hydroxylation sites is 1. The molecule has 1 spiro atoms. The van der Waals surface area contributed by atoms with Crippen molar-refractivity contribution in [1.82, 2.24) is 9.05 Å². The molecule has 0 radical (unpaired) electrons. The molecule has 250 valence electrons. The number of thiazole rings is 1. The Bertz CT molecular complexity index is 2550. The number of thioether (sulfide) groups is 1. The summed E-state index contributed by atoms with van der Waals surface area (Å²) in [5, 5.41) is 1.56. The Morgan fingerprint density at radius 3 is 2.55 bits per heavy atom. The van der Waals surface area contributed by atoms with Gasteiger partial charge in [-0.2, -0.15) is 0 Å². The molecule has 10 nitrogen and oxygen atoms in total. The number of hydrogen-bond acceptors (Lipinski definition) is 9. The van der Waals surface area contributed by atoms with Gasteiger partial charge in [-0.1, -0.05) is 18.2 Å². The molecule has 1 fully saturated rings. The molecule has 2 unspecified atom stereocenters. The Balaban J connectivity index is 0.00000417. The van der Waals surface area contributed by atoms with Crippen molar-refractivity contribution < 1.29 is 60.1 Å². The summed E-state index contributed by atoms with van der Waals surface area (Å²) in [6, 6.07) is 19.7. The topological polar surface area (TPSA) is 140 Å². The Morgan fingerprint density at radius 1 is 1.04 bits per heavy atom. The summed E-state index contributed by atoms with van der Waals surface area (Å²) in [4.78, 5) is 14.7. The van der Waals surface area contributed by atoms with Crippen LogP contribution in [0, 0.1) is 0 Å². The van der Waals surface area contributed by atoms with Gasteiger partial charge in [0.25, 0.3) is 0 Å². The third-order valence-corrected chi connectivity index (χ3v) is 15.7. The maximum atomic E-state index is 13.7. The molecule has 0 N–H and O–H groups in total. The van der Waals surface area contributed by atoms with E-state index in [2.05, 4.69) is 0 Å². The van der Waals surface area contributed by atoms with Crippen molar-refractivity contribution in [3.8, 4) is 0 Å². The third kappa shape index (κ3) is 6.90. The van der Waals surface area contributed by atoms with E-state index < -0.39 is 31.4 Å². The molecule has 2 aliphatic rings. The summed E-state index contributed by atoms with van der Waals surface area (Å²) in [7, 11) is -8.99. The third-order valence-electron chi connectivity index (χ3n) is 8.96. The van der Waals surface area contributed by atoms with E-state index in [0.29, 0.717) is 35.6 Å². The molecule has 16 heteroatoms. The van der Waals surface area contributed by atoms with Gasteiger partial charge < -0.3 is 0 Å².